The van der Waals surface area contributed by atoms with Crippen LogP contribution in [0.25, 0.3) is 0 Å². The second-order valence-electron chi connectivity index (χ2n) is 3.86. The predicted octanol–water partition coefficient (Wildman–Crippen LogP) is 4.56. The number of halogens is 6. The molecular weight excluding hydrogens is 246 g/mol. The summed E-state index contributed by atoms with van der Waals surface area (Å²) in [6, 6.07) is 0. The van der Waals surface area contributed by atoms with Crippen LogP contribution < -0.4 is 0 Å². The zero-order chi connectivity index (χ0) is 13.4. The van der Waals surface area contributed by atoms with Crippen LogP contribution in [0.2, 0.25) is 0 Å². The molecule has 0 nitrogen and oxygen atoms in total. The van der Waals surface area contributed by atoms with Crippen molar-refractivity contribution in [2.75, 3.05) is 0 Å². The molecular formula is C11H10F6. The molecule has 0 aromatic carbocycles. The van der Waals surface area contributed by atoms with Crippen LogP contribution >= 0.6 is 0 Å². The standard InChI is InChI=1S/C11H10F6/c1-3-7-4-6(2)5-8(10(12,13)14)9(7)11(15,16)17/h3-4,6H,1,5H2,2H3. The van der Waals surface area contributed by atoms with E-state index in [1.54, 1.807) is 0 Å². The largest absolute Gasteiger partial charge is 0.417 e. The highest BCUT2D eigenvalue weighted by Gasteiger charge is 2.47. The van der Waals surface area contributed by atoms with E-state index in [1.807, 2.05) is 0 Å². The van der Waals surface area contributed by atoms with Crippen LogP contribution in [0.4, 0.5) is 26.3 Å². The highest BCUT2D eigenvalue weighted by atomic mass is 19.4. The van der Waals surface area contributed by atoms with Gasteiger partial charge in [-0.25, -0.2) is 0 Å². The van der Waals surface area contributed by atoms with Gasteiger partial charge in [0.2, 0.25) is 0 Å². The third kappa shape index (κ3) is 2.92. The molecule has 1 unspecified atom stereocenters. The number of alkyl halides is 6. The van der Waals surface area contributed by atoms with Gasteiger partial charge in [0.05, 0.1) is 5.57 Å². The molecule has 1 aliphatic carbocycles. The van der Waals surface area contributed by atoms with Gasteiger partial charge < -0.3 is 0 Å². The number of allylic oxidation sites excluding steroid dienone is 5. The topological polar surface area (TPSA) is 0 Å². The van der Waals surface area contributed by atoms with Crippen molar-refractivity contribution in [3.8, 4) is 0 Å². The fraction of sp³-hybridized carbons (Fsp3) is 0.455. The Balaban J connectivity index is 3.46. The minimum Gasteiger partial charge on any atom is -0.166 e. The van der Waals surface area contributed by atoms with Gasteiger partial charge in [0.25, 0.3) is 0 Å². The van der Waals surface area contributed by atoms with Crippen molar-refractivity contribution in [2.45, 2.75) is 25.7 Å². The second kappa shape index (κ2) is 4.23. The highest BCUT2D eigenvalue weighted by Crippen LogP contribution is 2.45. The van der Waals surface area contributed by atoms with Crippen LogP contribution in [-0.2, 0) is 0 Å². The Morgan fingerprint density at radius 1 is 1.18 bits per heavy atom. The van der Waals surface area contributed by atoms with Gasteiger partial charge in [-0.1, -0.05) is 25.7 Å². The molecule has 0 bridgehead atoms. The van der Waals surface area contributed by atoms with Crippen LogP contribution in [0, 0.1) is 5.92 Å². The molecule has 0 aromatic rings. The quantitative estimate of drug-likeness (QED) is 0.603. The fourth-order valence-electron chi connectivity index (χ4n) is 1.81. The van der Waals surface area contributed by atoms with Crippen LogP contribution in [-0.4, -0.2) is 12.4 Å². The number of hydrogen-bond acceptors (Lipinski definition) is 0. The minimum absolute atomic E-state index is 0.497. The molecule has 0 N–H and O–H groups in total. The van der Waals surface area contributed by atoms with E-state index in [0.717, 1.165) is 12.2 Å². The van der Waals surface area contributed by atoms with E-state index in [-0.39, 0.29) is 0 Å². The maximum Gasteiger partial charge on any atom is 0.417 e. The lowest BCUT2D eigenvalue weighted by Gasteiger charge is -2.26. The molecule has 96 valence electrons. The van der Waals surface area contributed by atoms with Crippen molar-refractivity contribution < 1.29 is 26.3 Å². The SMILES string of the molecule is C=CC1=CC(C)CC(C(F)(F)F)=C1C(F)(F)F. The number of hydrogen-bond donors (Lipinski definition) is 0. The fourth-order valence-corrected chi connectivity index (χ4v) is 1.81. The predicted molar refractivity (Wildman–Crippen MR) is 51.2 cm³/mol. The van der Waals surface area contributed by atoms with Gasteiger partial charge in [0.15, 0.2) is 0 Å². The van der Waals surface area contributed by atoms with Crippen LogP contribution in [0.5, 0.6) is 0 Å². The van der Waals surface area contributed by atoms with E-state index >= 15 is 0 Å². The minimum atomic E-state index is -5.02. The van der Waals surface area contributed by atoms with Crippen molar-refractivity contribution in [1.82, 2.24) is 0 Å². The van der Waals surface area contributed by atoms with E-state index in [9.17, 15) is 26.3 Å². The van der Waals surface area contributed by atoms with Crippen molar-refractivity contribution in [3.63, 3.8) is 0 Å². The van der Waals surface area contributed by atoms with Gasteiger partial charge in [0.1, 0.15) is 0 Å². The zero-order valence-electron chi connectivity index (χ0n) is 8.91. The first-order valence-corrected chi connectivity index (χ1v) is 4.79. The first-order valence-electron chi connectivity index (χ1n) is 4.79. The Bertz CT molecular complexity index is 380. The summed E-state index contributed by atoms with van der Waals surface area (Å²) < 4.78 is 75.7. The first-order chi connectivity index (χ1) is 7.57. The Morgan fingerprint density at radius 2 is 1.71 bits per heavy atom. The van der Waals surface area contributed by atoms with Gasteiger partial charge in [-0.2, -0.15) is 26.3 Å². The molecule has 0 aromatic heterocycles. The smallest absolute Gasteiger partial charge is 0.166 e. The third-order valence-electron chi connectivity index (χ3n) is 2.43. The Hall–Kier alpha value is -1.20. The van der Waals surface area contributed by atoms with Crippen LogP contribution in [0.15, 0.2) is 35.5 Å². The van der Waals surface area contributed by atoms with E-state index in [0.29, 0.717) is 0 Å². The molecule has 0 aliphatic heterocycles. The van der Waals surface area contributed by atoms with Gasteiger partial charge in [-0.15, -0.1) is 0 Å². The van der Waals surface area contributed by atoms with Gasteiger partial charge in [-0.3, -0.25) is 0 Å². The first kappa shape index (κ1) is 13.9. The second-order valence-corrected chi connectivity index (χ2v) is 3.86. The molecule has 0 radical (unpaired) electrons. The summed E-state index contributed by atoms with van der Waals surface area (Å²) in [5, 5.41) is 0. The summed E-state index contributed by atoms with van der Waals surface area (Å²) in [6.07, 6.45) is -8.68. The molecule has 6 heteroatoms. The Kier molecular flexibility index (Phi) is 3.45. The van der Waals surface area contributed by atoms with Gasteiger partial charge in [-0.05, 0) is 17.9 Å². The van der Waals surface area contributed by atoms with E-state index in [1.165, 1.54) is 6.92 Å². The van der Waals surface area contributed by atoms with Gasteiger partial charge >= 0.3 is 12.4 Å². The van der Waals surface area contributed by atoms with Crippen molar-refractivity contribution in [1.29, 1.82) is 0 Å². The summed E-state index contributed by atoms with van der Waals surface area (Å²) in [5.41, 5.74) is -3.63. The molecule has 0 fully saturated rings. The average molecular weight is 256 g/mol. The summed E-state index contributed by atoms with van der Waals surface area (Å²) in [7, 11) is 0. The Morgan fingerprint density at radius 3 is 2.06 bits per heavy atom. The molecule has 1 atom stereocenters. The molecule has 1 rings (SSSR count). The van der Waals surface area contributed by atoms with Crippen molar-refractivity contribution in [2.24, 2.45) is 5.92 Å². The van der Waals surface area contributed by atoms with E-state index in [4.69, 9.17) is 0 Å². The van der Waals surface area contributed by atoms with Crippen LogP contribution in [0.3, 0.4) is 0 Å². The maximum absolute atomic E-state index is 12.6. The summed E-state index contributed by atoms with van der Waals surface area (Å²) in [6.45, 7) is 4.56. The molecule has 0 saturated carbocycles. The number of rotatable bonds is 1. The molecule has 0 amide bonds. The lowest BCUT2D eigenvalue weighted by atomic mass is 9.84. The van der Waals surface area contributed by atoms with E-state index < -0.39 is 41.4 Å². The monoisotopic (exact) mass is 256 g/mol. The average Bonchev–Trinajstić information content (AvgIpc) is 2.12. The molecule has 0 heterocycles. The van der Waals surface area contributed by atoms with E-state index in [2.05, 4.69) is 6.58 Å². The van der Waals surface area contributed by atoms with Crippen molar-refractivity contribution >= 4 is 0 Å². The van der Waals surface area contributed by atoms with Gasteiger partial charge in [0, 0.05) is 5.57 Å². The zero-order valence-corrected chi connectivity index (χ0v) is 8.91. The van der Waals surface area contributed by atoms with Crippen molar-refractivity contribution in [3.05, 3.63) is 35.5 Å². The highest BCUT2D eigenvalue weighted by molar-refractivity contribution is 5.49. The maximum atomic E-state index is 12.6. The van der Waals surface area contributed by atoms with Crippen LogP contribution in [0.1, 0.15) is 13.3 Å². The lowest BCUT2D eigenvalue weighted by molar-refractivity contribution is -0.116. The molecule has 0 spiro atoms. The summed E-state index contributed by atoms with van der Waals surface area (Å²) >= 11 is 0. The normalized spacial score (nSPS) is 22.5. The Labute approximate surface area is 94.3 Å². The third-order valence-corrected chi connectivity index (χ3v) is 2.43. The summed E-state index contributed by atoms with van der Waals surface area (Å²) in [4.78, 5) is 0. The lowest BCUT2D eigenvalue weighted by Crippen LogP contribution is -2.27. The molecule has 0 saturated heterocycles. The molecule has 17 heavy (non-hydrogen) atoms. The summed E-state index contributed by atoms with van der Waals surface area (Å²) in [5.74, 6) is -0.592. The molecule has 1 aliphatic rings.